The van der Waals surface area contributed by atoms with E-state index in [0.29, 0.717) is 25.2 Å². The van der Waals surface area contributed by atoms with E-state index in [1.807, 2.05) is 0 Å². The Bertz CT molecular complexity index is 571. The fourth-order valence-electron chi connectivity index (χ4n) is 2.16. The van der Waals surface area contributed by atoms with Gasteiger partial charge < -0.3 is 14.7 Å². The zero-order valence-electron chi connectivity index (χ0n) is 11.9. The van der Waals surface area contributed by atoms with Crippen molar-refractivity contribution in [2.24, 2.45) is 0 Å². The molecule has 2 rings (SSSR count). The van der Waals surface area contributed by atoms with Gasteiger partial charge in [0.2, 0.25) is 0 Å². The summed E-state index contributed by atoms with van der Waals surface area (Å²) in [5.74, 6) is 4.54. The number of carbonyl (C=O) groups excluding carboxylic acids is 1. The number of likely N-dealkylation sites (N-methyl/N-ethyl adjacent to an activating group) is 1. The lowest BCUT2D eigenvalue weighted by Gasteiger charge is -2.23. The number of hydrogen-bond acceptors (Lipinski definition) is 3. The number of aliphatic hydroxyl groups excluding tert-OH is 1. The molecule has 0 bridgehead atoms. The summed E-state index contributed by atoms with van der Waals surface area (Å²) in [5, 5.41) is 8.64. The molecule has 1 aliphatic heterocycles. The van der Waals surface area contributed by atoms with Crippen molar-refractivity contribution in [2.45, 2.75) is 18.9 Å². The molecule has 1 N–H and O–H groups in total. The minimum Gasteiger partial charge on any atom is -0.395 e. The summed E-state index contributed by atoms with van der Waals surface area (Å²) < 4.78 is 19.2. The molecule has 0 spiro atoms. The van der Waals surface area contributed by atoms with Crippen molar-refractivity contribution in [3.05, 3.63) is 35.1 Å². The number of hydrogen-bond donors (Lipinski definition) is 1. The minimum atomic E-state index is -0.526. The molecule has 1 unspecified atom stereocenters. The molecule has 112 valence electrons. The summed E-state index contributed by atoms with van der Waals surface area (Å²) >= 11 is 0. The number of carbonyl (C=O) groups is 1. The van der Waals surface area contributed by atoms with E-state index in [-0.39, 0.29) is 24.1 Å². The Hall–Kier alpha value is -1.90. The third kappa shape index (κ3) is 3.81. The number of rotatable bonds is 3. The second kappa shape index (κ2) is 7.21. The van der Waals surface area contributed by atoms with E-state index in [4.69, 9.17) is 9.84 Å². The van der Waals surface area contributed by atoms with Gasteiger partial charge in [-0.2, -0.15) is 0 Å². The molecular weight excluding hydrogens is 273 g/mol. The van der Waals surface area contributed by atoms with E-state index in [1.165, 1.54) is 12.1 Å². The quantitative estimate of drug-likeness (QED) is 0.857. The Morgan fingerprint density at radius 2 is 2.38 bits per heavy atom. The van der Waals surface area contributed by atoms with Gasteiger partial charge in [-0.3, -0.25) is 4.79 Å². The molecule has 0 saturated carbocycles. The highest BCUT2D eigenvalue weighted by atomic mass is 19.1. The van der Waals surface area contributed by atoms with Gasteiger partial charge in [-0.05, 0) is 24.6 Å². The zero-order chi connectivity index (χ0) is 15.2. The van der Waals surface area contributed by atoms with Crippen molar-refractivity contribution in [1.29, 1.82) is 0 Å². The van der Waals surface area contributed by atoms with Crippen molar-refractivity contribution < 1.29 is 19.0 Å². The van der Waals surface area contributed by atoms with Crippen LogP contribution in [0, 0.1) is 17.7 Å². The molecule has 4 nitrogen and oxygen atoms in total. The van der Waals surface area contributed by atoms with E-state index < -0.39 is 5.82 Å². The molecule has 0 radical (unpaired) electrons. The van der Waals surface area contributed by atoms with Gasteiger partial charge >= 0.3 is 0 Å². The van der Waals surface area contributed by atoms with Crippen LogP contribution in [0.5, 0.6) is 0 Å². The smallest absolute Gasteiger partial charge is 0.254 e. The van der Waals surface area contributed by atoms with Crippen LogP contribution in [0.15, 0.2) is 18.2 Å². The van der Waals surface area contributed by atoms with Crippen LogP contribution in [0.2, 0.25) is 0 Å². The van der Waals surface area contributed by atoms with Crippen LogP contribution in [0.4, 0.5) is 4.39 Å². The lowest BCUT2D eigenvalue weighted by molar-refractivity contribution is 0.0711. The Morgan fingerprint density at radius 3 is 3.00 bits per heavy atom. The van der Waals surface area contributed by atoms with Crippen LogP contribution in [-0.4, -0.2) is 48.8 Å². The van der Waals surface area contributed by atoms with Gasteiger partial charge in [0.15, 0.2) is 0 Å². The Balaban J connectivity index is 2.12. The third-order valence-electron chi connectivity index (χ3n) is 3.45. The number of halogens is 1. The van der Waals surface area contributed by atoms with E-state index in [9.17, 15) is 9.18 Å². The summed E-state index contributed by atoms with van der Waals surface area (Å²) in [6, 6.07) is 4.31. The third-order valence-corrected chi connectivity index (χ3v) is 3.45. The van der Waals surface area contributed by atoms with Crippen LogP contribution in [0.3, 0.4) is 0 Å². The summed E-state index contributed by atoms with van der Waals surface area (Å²) in [7, 11) is 1.70. The molecule has 1 aromatic carbocycles. The van der Waals surface area contributed by atoms with Crippen LogP contribution in [0.25, 0.3) is 0 Å². The Kier molecular flexibility index (Phi) is 5.32. The van der Waals surface area contributed by atoms with Crippen LogP contribution >= 0.6 is 0 Å². The molecule has 1 aliphatic rings. The molecule has 5 heteroatoms. The van der Waals surface area contributed by atoms with Gasteiger partial charge in [0, 0.05) is 25.6 Å². The first-order chi connectivity index (χ1) is 10.1. The fraction of sp³-hybridized carbons (Fsp3) is 0.438. The predicted octanol–water partition coefficient (Wildman–Crippen LogP) is 1.42. The fourth-order valence-corrected chi connectivity index (χ4v) is 2.16. The van der Waals surface area contributed by atoms with Crippen LogP contribution in [-0.2, 0) is 4.74 Å². The highest BCUT2D eigenvalue weighted by molar-refractivity contribution is 5.94. The number of amides is 1. The van der Waals surface area contributed by atoms with Crippen molar-refractivity contribution in [3.8, 4) is 11.8 Å². The lowest BCUT2D eigenvalue weighted by atomic mass is 10.1. The SMILES string of the molecule is CN(C(=O)c1ccc(C#CCCO)c(F)c1)C1CCOC1. The number of aliphatic hydroxyl groups is 1. The maximum Gasteiger partial charge on any atom is 0.254 e. The summed E-state index contributed by atoms with van der Waals surface area (Å²) in [5.41, 5.74) is 0.529. The molecular formula is C16H18FNO3. The molecule has 1 saturated heterocycles. The molecule has 0 aromatic heterocycles. The van der Waals surface area contributed by atoms with Crippen LogP contribution < -0.4 is 0 Å². The van der Waals surface area contributed by atoms with Gasteiger partial charge in [-0.1, -0.05) is 11.8 Å². The Labute approximate surface area is 123 Å². The first-order valence-corrected chi connectivity index (χ1v) is 6.87. The van der Waals surface area contributed by atoms with Gasteiger partial charge in [-0.25, -0.2) is 4.39 Å². The highest BCUT2D eigenvalue weighted by Gasteiger charge is 2.25. The lowest BCUT2D eigenvalue weighted by Crippen LogP contribution is -2.37. The molecule has 1 amide bonds. The average Bonchev–Trinajstić information content (AvgIpc) is 3.02. The monoisotopic (exact) mass is 291 g/mol. The standard InChI is InChI=1S/C16H18FNO3/c1-18(14-7-9-21-11-14)16(20)13-6-5-12(15(17)10-13)4-2-3-8-19/h5-6,10,14,19H,3,7-9,11H2,1H3. The molecule has 1 atom stereocenters. The zero-order valence-corrected chi connectivity index (χ0v) is 11.9. The van der Waals surface area contributed by atoms with Crippen molar-refractivity contribution in [1.82, 2.24) is 4.90 Å². The molecule has 0 aliphatic carbocycles. The van der Waals surface area contributed by atoms with E-state index in [1.54, 1.807) is 18.0 Å². The van der Waals surface area contributed by atoms with Gasteiger partial charge in [-0.15, -0.1) is 0 Å². The van der Waals surface area contributed by atoms with E-state index in [2.05, 4.69) is 11.8 Å². The number of benzene rings is 1. The molecule has 1 aromatic rings. The predicted molar refractivity (Wildman–Crippen MR) is 76.3 cm³/mol. The highest BCUT2D eigenvalue weighted by Crippen LogP contribution is 2.16. The maximum absolute atomic E-state index is 13.9. The minimum absolute atomic E-state index is 0.0459. The summed E-state index contributed by atoms with van der Waals surface area (Å²) in [4.78, 5) is 13.9. The van der Waals surface area contributed by atoms with Gasteiger partial charge in [0.05, 0.1) is 24.8 Å². The second-order valence-corrected chi connectivity index (χ2v) is 4.90. The maximum atomic E-state index is 13.9. The second-order valence-electron chi connectivity index (χ2n) is 4.90. The van der Waals surface area contributed by atoms with Crippen molar-refractivity contribution in [2.75, 3.05) is 26.9 Å². The largest absolute Gasteiger partial charge is 0.395 e. The topological polar surface area (TPSA) is 49.8 Å². The van der Waals surface area contributed by atoms with E-state index in [0.717, 1.165) is 6.42 Å². The van der Waals surface area contributed by atoms with Gasteiger partial charge in [0.1, 0.15) is 5.82 Å². The van der Waals surface area contributed by atoms with Gasteiger partial charge in [0.25, 0.3) is 5.91 Å². The normalized spacial score (nSPS) is 17.2. The molecule has 1 fully saturated rings. The summed E-state index contributed by atoms with van der Waals surface area (Å²) in [6.45, 7) is 1.12. The molecule has 21 heavy (non-hydrogen) atoms. The van der Waals surface area contributed by atoms with Crippen molar-refractivity contribution >= 4 is 5.91 Å². The van der Waals surface area contributed by atoms with E-state index >= 15 is 0 Å². The first-order valence-electron chi connectivity index (χ1n) is 6.87. The summed E-state index contributed by atoms with van der Waals surface area (Å²) in [6.07, 6.45) is 1.10. The van der Waals surface area contributed by atoms with Crippen molar-refractivity contribution in [3.63, 3.8) is 0 Å². The Morgan fingerprint density at radius 1 is 1.57 bits per heavy atom. The number of ether oxygens (including phenoxy) is 1. The molecule has 1 heterocycles. The number of nitrogens with zero attached hydrogens (tertiary/aromatic N) is 1. The average molecular weight is 291 g/mol. The van der Waals surface area contributed by atoms with Crippen LogP contribution in [0.1, 0.15) is 28.8 Å². The first kappa shape index (κ1) is 15.5.